The van der Waals surface area contributed by atoms with Gasteiger partial charge in [0.25, 0.3) is 0 Å². The van der Waals surface area contributed by atoms with E-state index in [1.54, 1.807) is 62.2 Å². The van der Waals surface area contributed by atoms with Crippen LogP contribution in [0.1, 0.15) is 28.3 Å². The maximum absolute atomic E-state index is 5.33. The monoisotopic (exact) mass is 665 g/mol. The molecule has 10 nitrogen and oxygen atoms in total. The molecule has 10 heterocycles. The fourth-order valence-corrected chi connectivity index (χ4v) is 5.03. The lowest BCUT2D eigenvalue weighted by Crippen LogP contribution is -1.77. The number of hydrogen-bond acceptors (Lipinski definition) is 10. The molecule has 0 unspecified atom stereocenters. The van der Waals surface area contributed by atoms with Crippen LogP contribution in [-0.2, 0) is 0 Å². The normalized spacial score (nSPS) is 10.5. The molecule has 10 aromatic heterocycles. The fraction of sp³-hybridized carbons (Fsp3) is 0.125. The van der Waals surface area contributed by atoms with E-state index < -0.39 is 0 Å². The summed E-state index contributed by atoms with van der Waals surface area (Å²) in [5, 5.41) is 5.40. The standard InChI is InChI=1S/5C8H7NO/c1-6-7-3-5-10-8(7)2-4-9-6;1-6-5-10-8-2-3-9-4-7(6)8;1-6-4-7-5-9-3-2-8(7)10-6;1-6-4-9-5-7-2-3-10-8(6)7;1-6-4-8-7(5-9-6)2-3-10-8/h5*2-5H,1H3. The van der Waals surface area contributed by atoms with E-state index in [0.29, 0.717) is 0 Å². The highest BCUT2D eigenvalue weighted by Crippen LogP contribution is 2.19. The molecule has 0 N–H and O–H groups in total. The van der Waals surface area contributed by atoms with E-state index in [9.17, 15) is 0 Å². The van der Waals surface area contributed by atoms with Gasteiger partial charge in [0.05, 0.1) is 25.1 Å². The van der Waals surface area contributed by atoms with Gasteiger partial charge in [-0.3, -0.25) is 24.9 Å². The van der Waals surface area contributed by atoms with Gasteiger partial charge in [0.1, 0.15) is 33.7 Å². The molecule has 10 rings (SSSR count). The highest BCUT2D eigenvalue weighted by atomic mass is 16.3. The van der Waals surface area contributed by atoms with Crippen molar-refractivity contribution in [2.24, 2.45) is 0 Å². The van der Waals surface area contributed by atoms with Crippen LogP contribution >= 0.6 is 0 Å². The Bertz CT molecular complexity index is 2470. The third-order valence-electron chi connectivity index (χ3n) is 7.60. The van der Waals surface area contributed by atoms with Gasteiger partial charge in [-0.25, -0.2) is 0 Å². The minimum Gasteiger partial charge on any atom is -0.464 e. The van der Waals surface area contributed by atoms with Crippen LogP contribution in [0, 0.1) is 34.6 Å². The molecule has 0 saturated heterocycles. The molecule has 0 saturated carbocycles. The summed E-state index contributed by atoms with van der Waals surface area (Å²) < 4.78 is 26.1. The van der Waals surface area contributed by atoms with Gasteiger partial charge >= 0.3 is 0 Å². The molecule has 0 amide bonds. The number of rotatable bonds is 0. The maximum Gasteiger partial charge on any atom is 0.139 e. The Kier molecular flexibility index (Phi) is 10.4. The predicted molar refractivity (Wildman–Crippen MR) is 194 cm³/mol. The Hall–Kier alpha value is -6.55. The van der Waals surface area contributed by atoms with E-state index in [1.165, 1.54) is 0 Å². The van der Waals surface area contributed by atoms with E-state index in [4.69, 9.17) is 22.1 Å². The summed E-state index contributed by atoms with van der Waals surface area (Å²) >= 11 is 0. The SMILES string of the molecule is Cc1cc2cnccc2o1.Cc1cc2occc2cn1.Cc1cncc2ccoc12.Cc1coc2ccncc12.Cc1nccc2occc12. The molecule has 0 bridgehead atoms. The maximum atomic E-state index is 5.33. The first-order valence-corrected chi connectivity index (χ1v) is 15.8. The van der Waals surface area contributed by atoms with Gasteiger partial charge in [-0.1, -0.05) is 0 Å². The second-order valence-electron chi connectivity index (χ2n) is 11.4. The van der Waals surface area contributed by atoms with Crippen molar-refractivity contribution in [3.63, 3.8) is 0 Å². The Morgan fingerprint density at radius 2 is 1.18 bits per heavy atom. The van der Waals surface area contributed by atoms with Gasteiger partial charge in [-0.15, -0.1) is 0 Å². The lowest BCUT2D eigenvalue weighted by Gasteiger charge is -1.89. The molecule has 0 fully saturated rings. The average Bonchev–Trinajstić information content (AvgIpc) is 3.97. The highest BCUT2D eigenvalue weighted by Gasteiger charge is 2.00. The first kappa shape index (κ1) is 33.4. The van der Waals surface area contributed by atoms with Crippen molar-refractivity contribution in [1.29, 1.82) is 0 Å². The van der Waals surface area contributed by atoms with Crippen molar-refractivity contribution in [3.8, 4) is 0 Å². The lowest BCUT2D eigenvalue weighted by atomic mass is 10.2. The molecule has 10 heteroatoms. The van der Waals surface area contributed by atoms with Crippen LogP contribution in [0.2, 0.25) is 0 Å². The second-order valence-corrected chi connectivity index (χ2v) is 11.4. The molecule has 0 aromatic carbocycles. The first-order chi connectivity index (χ1) is 24.4. The van der Waals surface area contributed by atoms with Crippen molar-refractivity contribution in [2.45, 2.75) is 34.6 Å². The lowest BCUT2D eigenvalue weighted by molar-refractivity contribution is 0.578. The zero-order valence-electron chi connectivity index (χ0n) is 28.3. The molecule has 0 atom stereocenters. The molecule has 0 aliphatic rings. The third-order valence-corrected chi connectivity index (χ3v) is 7.60. The van der Waals surface area contributed by atoms with E-state index in [-0.39, 0.29) is 0 Å². The number of furan rings is 5. The van der Waals surface area contributed by atoms with Crippen molar-refractivity contribution in [2.75, 3.05) is 0 Å². The second kappa shape index (κ2) is 15.6. The van der Waals surface area contributed by atoms with Crippen LogP contribution in [0.5, 0.6) is 0 Å². The summed E-state index contributed by atoms with van der Waals surface area (Å²) in [6, 6.07) is 15.2. The summed E-state index contributed by atoms with van der Waals surface area (Å²) in [5.74, 6) is 0.933. The smallest absolute Gasteiger partial charge is 0.139 e. The minimum atomic E-state index is 0.910. The summed E-state index contributed by atoms with van der Waals surface area (Å²) in [5.41, 5.74) is 8.81. The average molecular weight is 666 g/mol. The zero-order valence-corrected chi connectivity index (χ0v) is 28.3. The Morgan fingerprint density at radius 1 is 0.480 bits per heavy atom. The number of aromatic nitrogens is 5. The van der Waals surface area contributed by atoms with Crippen molar-refractivity contribution >= 4 is 54.8 Å². The molecule has 0 aliphatic heterocycles. The number of fused-ring (bicyclic) bond motifs is 5. The molecular weight excluding hydrogens is 630 g/mol. The van der Waals surface area contributed by atoms with Gasteiger partial charge in [-0.05, 0) is 82.6 Å². The number of nitrogens with zero attached hydrogens (tertiary/aromatic N) is 5. The summed E-state index contributed by atoms with van der Waals surface area (Å²) in [6.45, 7) is 9.84. The van der Waals surface area contributed by atoms with Crippen molar-refractivity contribution < 1.29 is 22.1 Å². The van der Waals surface area contributed by atoms with Gasteiger partial charge in [0.15, 0.2) is 0 Å². The van der Waals surface area contributed by atoms with Crippen LogP contribution in [0.4, 0.5) is 0 Å². The largest absolute Gasteiger partial charge is 0.464 e. The Labute approximate surface area is 287 Å². The zero-order chi connectivity index (χ0) is 34.9. The molecular formula is C40H35N5O5. The molecule has 0 aliphatic carbocycles. The first-order valence-electron chi connectivity index (χ1n) is 15.8. The summed E-state index contributed by atoms with van der Waals surface area (Å²) in [7, 11) is 0. The van der Waals surface area contributed by atoms with E-state index in [2.05, 4.69) is 24.9 Å². The van der Waals surface area contributed by atoms with Crippen LogP contribution in [0.25, 0.3) is 54.8 Å². The fourth-order valence-electron chi connectivity index (χ4n) is 5.03. The summed E-state index contributed by atoms with van der Waals surface area (Å²) in [6.07, 6.45) is 21.0. The van der Waals surface area contributed by atoms with Gasteiger partial charge in [-0.2, -0.15) is 0 Å². The van der Waals surface area contributed by atoms with Crippen LogP contribution < -0.4 is 0 Å². The highest BCUT2D eigenvalue weighted by molar-refractivity contribution is 5.80. The third kappa shape index (κ3) is 8.11. The topological polar surface area (TPSA) is 130 Å². The van der Waals surface area contributed by atoms with E-state index in [1.807, 2.05) is 95.5 Å². The molecule has 50 heavy (non-hydrogen) atoms. The number of hydrogen-bond donors (Lipinski definition) is 0. The van der Waals surface area contributed by atoms with Gasteiger partial charge in [0, 0.05) is 99.5 Å². The van der Waals surface area contributed by atoms with Crippen molar-refractivity contribution in [3.05, 3.63) is 151 Å². The minimum absolute atomic E-state index is 0.910. The molecule has 250 valence electrons. The molecule has 10 aromatic rings. The Balaban J connectivity index is 0.000000108. The number of aryl methyl sites for hydroxylation is 5. The van der Waals surface area contributed by atoms with Gasteiger partial charge in [0.2, 0.25) is 0 Å². The van der Waals surface area contributed by atoms with Crippen LogP contribution in [-0.4, -0.2) is 24.9 Å². The van der Waals surface area contributed by atoms with E-state index >= 15 is 0 Å². The molecule has 0 radical (unpaired) electrons. The van der Waals surface area contributed by atoms with E-state index in [0.717, 1.165) is 83.1 Å². The van der Waals surface area contributed by atoms with Gasteiger partial charge < -0.3 is 22.1 Å². The van der Waals surface area contributed by atoms with Crippen molar-refractivity contribution in [1.82, 2.24) is 24.9 Å². The quantitative estimate of drug-likeness (QED) is 0.154. The van der Waals surface area contributed by atoms with Crippen LogP contribution in [0.15, 0.2) is 145 Å². The predicted octanol–water partition coefficient (Wildman–Crippen LogP) is 10.7. The molecule has 0 spiro atoms. The Morgan fingerprint density at radius 3 is 1.98 bits per heavy atom. The summed E-state index contributed by atoms with van der Waals surface area (Å²) in [4.78, 5) is 20.2. The van der Waals surface area contributed by atoms with Crippen LogP contribution in [0.3, 0.4) is 0 Å². The number of pyridine rings is 5.